The van der Waals surface area contributed by atoms with E-state index in [-0.39, 0.29) is 12.8 Å². The Balaban J connectivity index is 2.81. The van der Waals surface area contributed by atoms with E-state index in [1.165, 1.54) is 11.8 Å². The zero-order chi connectivity index (χ0) is 25.0. The Labute approximate surface area is 195 Å². The summed E-state index contributed by atoms with van der Waals surface area (Å²) < 4.78 is 0. The average Bonchev–Trinajstić information content (AvgIpc) is 2.67. The molecule has 0 aliphatic heterocycles. The molecule has 4 N–H and O–H groups in total. The lowest BCUT2D eigenvalue weighted by Gasteiger charge is -2.23. The molecule has 0 saturated carbocycles. The fraction of sp³-hybridized carbons (Fsp3) is 0.333. The first kappa shape index (κ1) is 25.9. The number of rotatable bonds is 10. The molecule has 0 atom stereocenters. The molecule has 0 aromatic heterocycles. The molecule has 0 unspecified atom stereocenters. The van der Waals surface area contributed by atoms with Gasteiger partial charge in [0.25, 0.3) is 0 Å². The maximum atomic E-state index is 11.6. The number of hydrogen-bond donors (Lipinski definition) is 4. The van der Waals surface area contributed by atoms with Crippen molar-refractivity contribution in [3.8, 4) is 0 Å². The third-order valence-corrected chi connectivity index (χ3v) is 6.89. The highest BCUT2D eigenvalue weighted by Crippen LogP contribution is 2.41. The van der Waals surface area contributed by atoms with Crippen LogP contribution in [0, 0.1) is 27.7 Å². The van der Waals surface area contributed by atoms with Gasteiger partial charge in [0.15, 0.2) is 0 Å². The Morgan fingerprint density at radius 2 is 1.09 bits per heavy atom. The topological polar surface area (TPSA) is 149 Å². The van der Waals surface area contributed by atoms with Crippen LogP contribution in [0.2, 0.25) is 0 Å². The molecule has 176 valence electrons. The molecule has 2 aromatic carbocycles. The number of aliphatic carboxylic acids is 4. The van der Waals surface area contributed by atoms with E-state index >= 15 is 0 Å². The summed E-state index contributed by atoms with van der Waals surface area (Å²) in [5, 5.41) is 37.6. The summed E-state index contributed by atoms with van der Waals surface area (Å²) in [7, 11) is 0. The molecule has 0 radical (unpaired) electrons. The molecule has 0 aliphatic carbocycles. The summed E-state index contributed by atoms with van der Waals surface area (Å²) in [4.78, 5) is 47.2. The number of hydrogen-bond acceptors (Lipinski definition) is 5. The minimum Gasteiger partial charge on any atom is -0.481 e. The zero-order valence-corrected chi connectivity index (χ0v) is 19.6. The SMILES string of the molecule is Cc1cc(CC(=O)O)c(C)c(Sc2c(C)c(CC(=O)O)c(CC(=O)O)c(C)c2CC(=O)O)c1. The largest absolute Gasteiger partial charge is 0.481 e. The molecule has 0 heterocycles. The van der Waals surface area contributed by atoms with Gasteiger partial charge in [-0.3, -0.25) is 19.2 Å². The van der Waals surface area contributed by atoms with Gasteiger partial charge in [0.1, 0.15) is 0 Å². The Kier molecular flexibility index (Phi) is 8.27. The Morgan fingerprint density at radius 3 is 1.58 bits per heavy atom. The molecule has 0 saturated heterocycles. The van der Waals surface area contributed by atoms with Gasteiger partial charge in [0, 0.05) is 9.79 Å². The van der Waals surface area contributed by atoms with E-state index in [0.717, 1.165) is 16.0 Å². The van der Waals surface area contributed by atoms with Crippen LogP contribution in [0.5, 0.6) is 0 Å². The average molecular weight is 475 g/mol. The first-order chi connectivity index (χ1) is 15.3. The van der Waals surface area contributed by atoms with E-state index < -0.39 is 36.7 Å². The quantitative estimate of drug-likeness (QED) is 0.405. The van der Waals surface area contributed by atoms with Crippen LogP contribution >= 0.6 is 11.8 Å². The van der Waals surface area contributed by atoms with Crippen LogP contribution in [0.15, 0.2) is 21.9 Å². The molecule has 2 rings (SSSR count). The maximum absolute atomic E-state index is 11.6. The fourth-order valence-corrected chi connectivity index (χ4v) is 5.29. The van der Waals surface area contributed by atoms with Crippen LogP contribution in [0.4, 0.5) is 0 Å². The van der Waals surface area contributed by atoms with Crippen molar-refractivity contribution in [2.45, 2.75) is 63.2 Å². The van der Waals surface area contributed by atoms with Gasteiger partial charge in [-0.05, 0) is 78.3 Å². The van der Waals surface area contributed by atoms with Gasteiger partial charge in [-0.15, -0.1) is 0 Å². The molecule has 0 fully saturated rings. The number of carbonyl (C=O) groups is 4. The minimum atomic E-state index is -1.14. The second-order valence-electron chi connectivity index (χ2n) is 7.95. The molecule has 0 amide bonds. The standard InChI is InChI=1S/C24H26O8S/c1-11-5-15(7-20(25)26)12(2)19(6-11)33-24-14(4)17(9-22(29)30)16(8-21(27)28)13(3)18(24)10-23(31)32/h5-6H,7-10H2,1-4H3,(H,25,26)(H,27,28)(H,29,30)(H,31,32). The summed E-state index contributed by atoms with van der Waals surface area (Å²) in [5.41, 5.74) is 4.26. The number of benzene rings is 2. The number of carboxylic acids is 4. The molecule has 0 aliphatic rings. The molecule has 8 nitrogen and oxygen atoms in total. The van der Waals surface area contributed by atoms with Gasteiger partial charge in [-0.25, -0.2) is 0 Å². The van der Waals surface area contributed by atoms with E-state index in [1.807, 2.05) is 13.0 Å². The van der Waals surface area contributed by atoms with Crippen LogP contribution < -0.4 is 0 Å². The summed E-state index contributed by atoms with van der Waals surface area (Å²) in [5.74, 6) is -4.33. The molecule has 0 bridgehead atoms. The number of aryl methyl sites for hydroxylation is 1. The van der Waals surface area contributed by atoms with Crippen molar-refractivity contribution < 1.29 is 39.6 Å². The Morgan fingerprint density at radius 1 is 0.636 bits per heavy atom. The second-order valence-corrected chi connectivity index (χ2v) is 9.00. The van der Waals surface area contributed by atoms with Crippen molar-refractivity contribution in [3.63, 3.8) is 0 Å². The van der Waals surface area contributed by atoms with Crippen molar-refractivity contribution in [2.24, 2.45) is 0 Å². The van der Waals surface area contributed by atoms with Crippen LogP contribution in [0.3, 0.4) is 0 Å². The molecular formula is C24H26O8S. The Hall–Kier alpha value is -3.33. The van der Waals surface area contributed by atoms with Crippen molar-refractivity contribution in [3.05, 3.63) is 56.6 Å². The van der Waals surface area contributed by atoms with Crippen LogP contribution in [0.25, 0.3) is 0 Å². The van der Waals surface area contributed by atoms with Crippen molar-refractivity contribution in [1.29, 1.82) is 0 Å². The lowest BCUT2D eigenvalue weighted by molar-refractivity contribution is -0.137. The fourth-order valence-electron chi connectivity index (χ4n) is 3.91. The summed E-state index contributed by atoms with van der Waals surface area (Å²) >= 11 is 1.25. The van der Waals surface area contributed by atoms with Gasteiger partial charge >= 0.3 is 23.9 Å². The zero-order valence-electron chi connectivity index (χ0n) is 18.8. The first-order valence-corrected chi connectivity index (χ1v) is 10.9. The van der Waals surface area contributed by atoms with Crippen molar-refractivity contribution in [1.82, 2.24) is 0 Å². The van der Waals surface area contributed by atoms with Gasteiger partial charge in [0.05, 0.1) is 25.7 Å². The predicted octanol–water partition coefficient (Wildman–Crippen LogP) is 3.58. The van der Waals surface area contributed by atoms with E-state index in [1.54, 1.807) is 26.8 Å². The van der Waals surface area contributed by atoms with Crippen LogP contribution in [-0.4, -0.2) is 44.3 Å². The second kappa shape index (κ2) is 10.5. The molecule has 2 aromatic rings. The minimum absolute atomic E-state index is 0.164. The summed E-state index contributed by atoms with van der Waals surface area (Å²) in [6.45, 7) is 6.90. The van der Waals surface area contributed by atoms with Crippen molar-refractivity contribution in [2.75, 3.05) is 0 Å². The van der Waals surface area contributed by atoms with Gasteiger partial charge in [-0.1, -0.05) is 17.8 Å². The molecule has 0 spiro atoms. The summed E-state index contributed by atoms with van der Waals surface area (Å²) in [6, 6.07) is 3.66. The lowest BCUT2D eigenvalue weighted by Crippen LogP contribution is -2.16. The maximum Gasteiger partial charge on any atom is 0.307 e. The van der Waals surface area contributed by atoms with E-state index in [2.05, 4.69) is 0 Å². The van der Waals surface area contributed by atoms with Crippen LogP contribution in [-0.2, 0) is 44.9 Å². The lowest BCUT2D eigenvalue weighted by atomic mass is 9.88. The highest BCUT2D eigenvalue weighted by molar-refractivity contribution is 7.99. The Bertz CT molecular complexity index is 1150. The summed E-state index contributed by atoms with van der Waals surface area (Å²) in [6.07, 6.45) is -1.34. The third-order valence-electron chi connectivity index (χ3n) is 5.49. The van der Waals surface area contributed by atoms with Gasteiger partial charge < -0.3 is 20.4 Å². The number of carboxylic acid groups (broad SMARTS) is 4. The van der Waals surface area contributed by atoms with E-state index in [4.69, 9.17) is 0 Å². The van der Waals surface area contributed by atoms with E-state index in [0.29, 0.717) is 38.3 Å². The molecule has 9 heteroatoms. The molecular weight excluding hydrogens is 448 g/mol. The predicted molar refractivity (Wildman–Crippen MR) is 121 cm³/mol. The normalized spacial score (nSPS) is 10.8. The van der Waals surface area contributed by atoms with Gasteiger partial charge in [0.2, 0.25) is 0 Å². The first-order valence-electron chi connectivity index (χ1n) is 10.1. The van der Waals surface area contributed by atoms with E-state index in [9.17, 15) is 39.6 Å². The van der Waals surface area contributed by atoms with Crippen molar-refractivity contribution >= 4 is 35.6 Å². The third kappa shape index (κ3) is 6.35. The monoisotopic (exact) mass is 474 g/mol. The highest BCUT2D eigenvalue weighted by Gasteiger charge is 2.25. The molecule has 33 heavy (non-hydrogen) atoms. The highest BCUT2D eigenvalue weighted by atomic mass is 32.2. The smallest absolute Gasteiger partial charge is 0.307 e. The van der Waals surface area contributed by atoms with Gasteiger partial charge in [-0.2, -0.15) is 0 Å². The van der Waals surface area contributed by atoms with Crippen LogP contribution in [0.1, 0.15) is 44.5 Å².